The lowest BCUT2D eigenvalue weighted by Crippen LogP contribution is -2.54. The summed E-state index contributed by atoms with van der Waals surface area (Å²) >= 11 is 0. The SMILES string of the molecule is N#Cc1cccc(C[C@@H](NC(=O)[C@@H](Cc2ccccc2)NC(=O)OCc2ccccc2)C(N)=O)c1. The molecule has 0 aliphatic rings. The van der Waals surface area contributed by atoms with E-state index in [1.54, 1.807) is 24.3 Å². The summed E-state index contributed by atoms with van der Waals surface area (Å²) in [6.45, 7) is 0.0471. The Kier molecular flexibility index (Phi) is 8.97. The predicted molar refractivity (Wildman–Crippen MR) is 130 cm³/mol. The molecular weight excluding hydrogens is 444 g/mol. The van der Waals surface area contributed by atoms with Crippen molar-refractivity contribution in [3.63, 3.8) is 0 Å². The molecule has 0 fully saturated rings. The van der Waals surface area contributed by atoms with Crippen LogP contribution in [0.15, 0.2) is 84.9 Å². The molecule has 0 spiro atoms. The van der Waals surface area contributed by atoms with Crippen LogP contribution < -0.4 is 16.4 Å². The number of carbonyl (C=O) groups excluding carboxylic acids is 3. The van der Waals surface area contributed by atoms with Gasteiger partial charge >= 0.3 is 6.09 Å². The summed E-state index contributed by atoms with van der Waals surface area (Å²) in [7, 11) is 0. The van der Waals surface area contributed by atoms with E-state index in [0.29, 0.717) is 11.1 Å². The zero-order chi connectivity index (χ0) is 25.0. The molecule has 0 saturated carbocycles. The van der Waals surface area contributed by atoms with E-state index in [4.69, 9.17) is 15.7 Å². The molecule has 0 bridgehead atoms. The lowest BCUT2D eigenvalue weighted by molar-refractivity contribution is -0.128. The first kappa shape index (κ1) is 25.0. The number of alkyl carbamates (subject to hydrolysis) is 1. The highest BCUT2D eigenvalue weighted by atomic mass is 16.5. The van der Waals surface area contributed by atoms with Crippen molar-refractivity contribution in [3.8, 4) is 6.07 Å². The van der Waals surface area contributed by atoms with Gasteiger partial charge in [-0.15, -0.1) is 0 Å². The van der Waals surface area contributed by atoms with Crippen LogP contribution in [0.3, 0.4) is 0 Å². The molecule has 178 valence electrons. The third-order valence-corrected chi connectivity index (χ3v) is 5.26. The molecule has 0 aliphatic carbocycles. The van der Waals surface area contributed by atoms with Gasteiger partial charge in [0.25, 0.3) is 0 Å². The summed E-state index contributed by atoms with van der Waals surface area (Å²) in [5, 5.41) is 14.3. The first-order valence-electron chi connectivity index (χ1n) is 11.0. The molecule has 0 unspecified atom stereocenters. The third-order valence-electron chi connectivity index (χ3n) is 5.26. The second-order valence-corrected chi connectivity index (χ2v) is 7.93. The van der Waals surface area contributed by atoms with E-state index in [2.05, 4.69) is 10.6 Å². The minimum Gasteiger partial charge on any atom is -0.445 e. The van der Waals surface area contributed by atoms with E-state index >= 15 is 0 Å². The zero-order valence-corrected chi connectivity index (χ0v) is 19.0. The Morgan fingerprint density at radius 2 is 1.40 bits per heavy atom. The van der Waals surface area contributed by atoms with Crippen molar-refractivity contribution in [2.45, 2.75) is 31.5 Å². The van der Waals surface area contributed by atoms with Gasteiger partial charge in [-0.3, -0.25) is 9.59 Å². The van der Waals surface area contributed by atoms with Crippen LogP contribution in [-0.4, -0.2) is 30.0 Å². The second kappa shape index (κ2) is 12.6. The molecule has 3 aromatic rings. The van der Waals surface area contributed by atoms with Gasteiger partial charge in [-0.1, -0.05) is 72.8 Å². The summed E-state index contributed by atoms with van der Waals surface area (Å²) in [4.78, 5) is 37.7. The van der Waals surface area contributed by atoms with Crippen molar-refractivity contribution in [1.82, 2.24) is 10.6 Å². The fourth-order valence-corrected chi connectivity index (χ4v) is 3.46. The van der Waals surface area contributed by atoms with Gasteiger partial charge in [0.1, 0.15) is 18.7 Å². The molecular formula is C27H26N4O4. The van der Waals surface area contributed by atoms with Gasteiger partial charge in [0.15, 0.2) is 0 Å². The predicted octanol–water partition coefficient (Wildman–Crippen LogP) is 2.61. The maximum atomic E-state index is 13.1. The molecule has 2 atom stereocenters. The van der Waals surface area contributed by atoms with Crippen LogP contribution in [0.1, 0.15) is 22.3 Å². The lowest BCUT2D eigenvalue weighted by atomic mass is 10.0. The monoisotopic (exact) mass is 470 g/mol. The van der Waals surface area contributed by atoms with E-state index in [-0.39, 0.29) is 19.4 Å². The summed E-state index contributed by atoms with van der Waals surface area (Å²) < 4.78 is 5.27. The molecule has 3 amide bonds. The first-order valence-corrected chi connectivity index (χ1v) is 11.0. The number of ether oxygens (including phenoxy) is 1. The topological polar surface area (TPSA) is 134 Å². The number of nitrogens with one attached hydrogen (secondary N) is 2. The van der Waals surface area contributed by atoms with Gasteiger partial charge in [0, 0.05) is 12.8 Å². The Bertz CT molecular complexity index is 1190. The maximum absolute atomic E-state index is 13.1. The summed E-state index contributed by atoms with van der Waals surface area (Å²) in [6, 6.07) is 25.0. The molecule has 3 rings (SSSR count). The normalized spacial score (nSPS) is 12.0. The Balaban J connectivity index is 1.70. The minimum absolute atomic E-state index is 0.0471. The summed E-state index contributed by atoms with van der Waals surface area (Å²) in [6.07, 6.45) is -0.474. The van der Waals surface area contributed by atoms with Crippen molar-refractivity contribution in [2.24, 2.45) is 5.73 Å². The van der Waals surface area contributed by atoms with Gasteiger partial charge in [-0.05, 0) is 28.8 Å². The number of rotatable bonds is 10. The molecule has 8 nitrogen and oxygen atoms in total. The lowest BCUT2D eigenvalue weighted by Gasteiger charge is -2.22. The van der Waals surface area contributed by atoms with Gasteiger partial charge in [0.2, 0.25) is 11.8 Å². The van der Waals surface area contributed by atoms with E-state index in [9.17, 15) is 14.4 Å². The van der Waals surface area contributed by atoms with Crippen molar-refractivity contribution in [2.75, 3.05) is 0 Å². The molecule has 0 radical (unpaired) electrons. The van der Waals surface area contributed by atoms with Crippen LogP contribution in [0.4, 0.5) is 4.79 Å². The highest BCUT2D eigenvalue weighted by Gasteiger charge is 2.26. The van der Waals surface area contributed by atoms with Crippen LogP contribution in [0, 0.1) is 11.3 Å². The quantitative estimate of drug-likeness (QED) is 0.419. The number of nitrogens with zero attached hydrogens (tertiary/aromatic N) is 1. The summed E-state index contributed by atoms with van der Waals surface area (Å²) in [5.74, 6) is -1.31. The van der Waals surface area contributed by atoms with Gasteiger partial charge in [-0.2, -0.15) is 5.26 Å². The molecule has 0 aromatic heterocycles. The van der Waals surface area contributed by atoms with E-state index in [0.717, 1.165) is 11.1 Å². The Morgan fingerprint density at radius 3 is 2.03 bits per heavy atom. The van der Waals surface area contributed by atoms with Crippen molar-refractivity contribution in [1.29, 1.82) is 5.26 Å². The van der Waals surface area contributed by atoms with E-state index in [1.165, 1.54) is 0 Å². The fourth-order valence-electron chi connectivity index (χ4n) is 3.46. The first-order chi connectivity index (χ1) is 16.9. The van der Waals surface area contributed by atoms with Crippen LogP contribution >= 0.6 is 0 Å². The number of amides is 3. The summed E-state index contributed by atoms with van der Waals surface area (Å²) in [5.41, 5.74) is 8.26. The molecule has 35 heavy (non-hydrogen) atoms. The van der Waals surface area contributed by atoms with Crippen molar-refractivity contribution < 1.29 is 19.1 Å². The number of primary amides is 1. The van der Waals surface area contributed by atoms with Crippen LogP contribution in [0.5, 0.6) is 0 Å². The molecule has 8 heteroatoms. The van der Waals surface area contributed by atoms with E-state index < -0.39 is 30.0 Å². The van der Waals surface area contributed by atoms with Crippen LogP contribution in [-0.2, 0) is 33.8 Å². The Labute approximate surface area is 203 Å². The van der Waals surface area contributed by atoms with Crippen LogP contribution in [0.25, 0.3) is 0 Å². The zero-order valence-electron chi connectivity index (χ0n) is 19.0. The molecule has 0 saturated heterocycles. The molecule has 0 heterocycles. The third kappa shape index (κ3) is 8.02. The van der Waals surface area contributed by atoms with Crippen molar-refractivity contribution in [3.05, 3.63) is 107 Å². The fraction of sp³-hybridized carbons (Fsp3) is 0.185. The van der Waals surface area contributed by atoms with Gasteiger partial charge < -0.3 is 21.1 Å². The van der Waals surface area contributed by atoms with E-state index in [1.807, 2.05) is 66.7 Å². The number of carbonyl (C=O) groups is 3. The van der Waals surface area contributed by atoms with Crippen molar-refractivity contribution >= 4 is 17.9 Å². The number of hydrogen-bond acceptors (Lipinski definition) is 5. The second-order valence-electron chi connectivity index (χ2n) is 7.93. The number of nitriles is 1. The standard InChI is InChI=1S/C27H26N4O4/c28-17-22-13-7-12-21(14-22)16-23(25(29)32)30-26(33)24(15-19-8-3-1-4-9-19)31-27(34)35-18-20-10-5-2-6-11-20/h1-14,23-24H,15-16,18H2,(H2,29,32)(H,30,33)(H,31,34)/t23-,24-/m1/s1. The molecule has 0 aliphatic heterocycles. The average Bonchev–Trinajstić information content (AvgIpc) is 2.88. The minimum atomic E-state index is -1.03. The Morgan fingerprint density at radius 1 is 0.800 bits per heavy atom. The Hall–Kier alpha value is -4.64. The largest absolute Gasteiger partial charge is 0.445 e. The molecule has 4 N–H and O–H groups in total. The van der Waals surface area contributed by atoms with Gasteiger partial charge in [0.05, 0.1) is 11.6 Å². The number of hydrogen-bond donors (Lipinski definition) is 3. The van der Waals surface area contributed by atoms with Crippen LogP contribution in [0.2, 0.25) is 0 Å². The number of nitrogens with two attached hydrogens (primary N) is 1. The number of benzene rings is 3. The highest BCUT2D eigenvalue weighted by Crippen LogP contribution is 2.09. The highest BCUT2D eigenvalue weighted by molar-refractivity contribution is 5.91. The molecule has 3 aromatic carbocycles. The van der Waals surface area contributed by atoms with Gasteiger partial charge in [-0.25, -0.2) is 4.79 Å². The maximum Gasteiger partial charge on any atom is 0.408 e. The smallest absolute Gasteiger partial charge is 0.408 e. The average molecular weight is 471 g/mol.